The molecule has 0 aliphatic heterocycles. The Hall–Kier alpha value is -0.0800. The average molecular weight is 220 g/mol. The fourth-order valence-corrected chi connectivity index (χ4v) is 0.704. The number of hydrogen-bond donors (Lipinski definition) is 1. The molecular formula is C13H32O2. The zero-order chi connectivity index (χ0) is 12.5. The molecular weight excluding hydrogens is 188 g/mol. The smallest absolute Gasteiger partial charge is 0.0483 e. The highest BCUT2D eigenvalue weighted by atomic mass is 16.5. The summed E-state index contributed by atoms with van der Waals surface area (Å²) in [5, 5.41) is 8.06. The zero-order valence-electron chi connectivity index (χ0n) is 11.7. The highest BCUT2D eigenvalue weighted by molar-refractivity contribution is 4.31. The summed E-state index contributed by atoms with van der Waals surface area (Å²) in [4.78, 5) is 0. The lowest BCUT2D eigenvalue weighted by atomic mass is 10.2. The van der Waals surface area contributed by atoms with Crippen molar-refractivity contribution in [3.8, 4) is 0 Å². The molecule has 1 N–H and O–H groups in total. The van der Waals surface area contributed by atoms with Gasteiger partial charge in [0, 0.05) is 19.3 Å². The van der Waals surface area contributed by atoms with Crippen molar-refractivity contribution in [2.45, 2.75) is 73.3 Å². The number of ether oxygens (including phenoxy) is 1. The third kappa shape index (κ3) is 81.7. The van der Waals surface area contributed by atoms with Gasteiger partial charge in [-0.1, -0.05) is 39.5 Å². The molecule has 0 fully saturated rings. The van der Waals surface area contributed by atoms with Crippen LogP contribution in [0.5, 0.6) is 0 Å². The van der Waals surface area contributed by atoms with Gasteiger partial charge >= 0.3 is 0 Å². The molecule has 0 radical (unpaired) electrons. The van der Waals surface area contributed by atoms with Gasteiger partial charge in [-0.25, -0.2) is 0 Å². The average Bonchev–Trinajstić information content (AvgIpc) is 2.16. The molecule has 0 heterocycles. The first kappa shape index (κ1) is 20.3. The van der Waals surface area contributed by atoms with E-state index >= 15 is 0 Å². The zero-order valence-corrected chi connectivity index (χ0v) is 11.7. The highest BCUT2D eigenvalue weighted by Crippen LogP contribution is 1.95. The first-order valence-electron chi connectivity index (χ1n) is 6.32. The molecule has 0 amide bonds. The molecule has 0 unspecified atom stereocenters. The minimum absolute atomic E-state index is 0.167. The van der Waals surface area contributed by atoms with Gasteiger partial charge in [-0.05, 0) is 27.7 Å². The molecule has 0 saturated heterocycles. The lowest BCUT2D eigenvalue weighted by molar-refractivity contribution is 0.162. The molecule has 0 rings (SSSR count). The van der Waals surface area contributed by atoms with E-state index in [0.717, 1.165) is 13.2 Å². The van der Waals surface area contributed by atoms with Crippen LogP contribution in [0.1, 0.15) is 67.2 Å². The van der Waals surface area contributed by atoms with Crippen LogP contribution in [0.25, 0.3) is 0 Å². The van der Waals surface area contributed by atoms with E-state index in [0.29, 0.717) is 0 Å². The fourth-order valence-electron chi connectivity index (χ4n) is 0.704. The Labute approximate surface area is 97.0 Å². The maximum absolute atomic E-state index is 8.06. The third-order valence-electron chi connectivity index (χ3n) is 1.37. The maximum atomic E-state index is 8.06. The summed E-state index contributed by atoms with van der Waals surface area (Å²) < 4.78 is 4.83. The van der Waals surface area contributed by atoms with Gasteiger partial charge in [0.1, 0.15) is 0 Å². The monoisotopic (exact) mass is 220 g/mol. The summed E-state index contributed by atoms with van der Waals surface area (Å²) in [6.45, 7) is 13.6. The molecule has 0 spiro atoms. The normalized spacial score (nSPS) is 8.80. The first-order chi connectivity index (χ1) is 7.06. The maximum Gasteiger partial charge on any atom is 0.0483 e. The molecule has 0 bridgehead atoms. The van der Waals surface area contributed by atoms with Crippen molar-refractivity contribution in [1.29, 1.82) is 0 Å². The van der Waals surface area contributed by atoms with E-state index < -0.39 is 0 Å². The number of unbranched alkanes of at least 4 members (excludes halogenated alkanes) is 3. The van der Waals surface area contributed by atoms with Gasteiger partial charge in [0.2, 0.25) is 0 Å². The van der Waals surface area contributed by atoms with E-state index in [1.807, 2.05) is 13.8 Å². The van der Waals surface area contributed by atoms with Crippen molar-refractivity contribution >= 4 is 0 Å². The second-order valence-electron chi connectivity index (χ2n) is 3.58. The highest BCUT2D eigenvalue weighted by Gasteiger charge is 1.75. The predicted octanol–water partition coefficient (Wildman–Crippen LogP) is 4.02. The fraction of sp³-hybridized carbons (Fsp3) is 1.00. The quantitative estimate of drug-likeness (QED) is 0.709. The van der Waals surface area contributed by atoms with Crippen LogP contribution in [0.4, 0.5) is 0 Å². The van der Waals surface area contributed by atoms with Crippen LogP contribution in [0.3, 0.4) is 0 Å². The van der Waals surface area contributed by atoms with Crippen molar-refractivity contribution in [2.75, 3.05) is 13.2 Å². The second-order valence-corrected chi connectivity index (χ2v) is 3.58. The number of aliphatic hydroxyl groups is 1. The van der Waals surface area contributed by atoms with Crippen LogP contribution in [0.15, 0.2) is 0 Å². The summed E-state index contributed by atoms with van der Waals surface area (Å²) in [6.07, 6.45) is 5.37. The van der Waals surface area contributed by atoms with Crippen LogP contribution < -0.4 is 0 Å². The first-order valence-corrected chi connectivity index (χ1v) is 6.32. The van der Waals surface area contributed by atoms with E-state index in [-0.39, 0.29) is 6.10 Å². The van der Waals surface area contributed by atoms with Crippen molar-refractivity contribution < 1.29 is 9.84 Å². The summed E-state index contributed by atoms with van der Waals surface area (Å²) in [6, 6.07) is 0. The molecule has 15 heavy (non-hydrogen) atoms. The summed E-state index contributed by atoms with van der Waals surface area (Å²) in [5.74, 6) is 0. The molecule has 2 nitrogen and oxygen atoms in total. The SMILES string of the molecule is CC(C)O.CCCCCC.CCOCC. The molecule has 0 aromatic heterocycles. The molecule has 2 heteroatoms. The molecule has 0 saturated carbocycles. The van der Waals surface area contributed by atoms with Crippen molar-refractivity contribution in [2.24, 2.45) is 0 Å². The van der Waals surface area contributed by atoms with Crippen LogP contribution in [-0.2, 0) is 4.74 Å². The summed E-state index contributed by atoms with van der Waals surface area (Å²) in [5.41, 5.74) is 0. The number of aliphatic hydroxyl groups excluding tert-OH is 1. The van der Waals surface area contributed by atoms with Gasteiger partial charge in [0.05, 0.1) is 0 Å². The van der Waals surface area contributed by atoms with Gasteiger partial charge in [-0.3, -0.25) is 0 Å². The second kappa shape index (κ2) is 23.6. The largest absolute Gasteiger partial charge is 0.394 e. The lowest BCUT2D eigenvalue weighted by Crippen LogP contribution is -1.85. The Bertz CT molecular complexity index is 64.2. The molecule has 96 valence electrons. The Kier molecular flexibility index (Phi) is 32.0. The van der Waals surface area contributed by atoms with E-state index in [9.17, 15) is 0 Å². The van der Waals surface area contributed by atoms with E-state index in [4.69, 9.17) is 9.84 Å². The van der Waals surface area contributed by atoms with Crippen LogP contribution in [-0.4, -0.2) is 24.4 Å². The topological polar surface area (TPSA) is 29.5 Å². The minimum Gasteiger partial charge on any atom is -0.394 e. The van der Waals surface area contributed by atoms with Crippen LogP contribution in [0.2, 0.25) is 0 Å². The van der Waals surface area contributed by atoms with Gasteiger partial charge in [-0.2, -0.15) is 0 Å². The molecule has 0 aliphatic rings. The van der Waals surface area contributed by atoms with Gasteiger partial charge < -0.3 is 9.84 Å². The van der Waals surface area contributed by atoms with Crippen molar-refractivity contribution in [3.63, 3.8) is 0 Å². The summed E-state index contributed by atoms with van der Waals surface area (Å²) in [7, 11) is 0. The van der Waals surface area contributed by atoms with Crippen molar-refractivity contribution in [3.05, 3.63) is 0 Å². The van der Waals surface area contributed by atoms with E-state index in [1.54, 1.807) is 13.8 Å². The van der Waals surface area contributed by atoms with Gasteiger partial charge in [-0.15, -0.1) is 0 Å². The Morgan fingerprint density at radius 2 is 1.13 bits per heavy atom. The Balaban J connectivity index is -0.000000147. The molecule has 0 atom stereocenters. The Morgan fingerprint density at radius 3 is 1.20 bits per heavy atom. The number of hydrogen-bond acceptors (Lipinski definition) is 2. The van der Waals surface area contributed by atoms with E-state index in [2.05, 4.69) is 13.8 Å². The van der Waals surface area contributed by atoms with Gasteiger partial charge in [0.25, 0.3) is 0 Å². The van der Waals surface area contributed by atoms with Crippen molar-refractivity contribution in [1.82, 2.24) is 0 Å². The molecule has 0 aromatic carbocycles. The number of rotatable bonds is 5. The van der Waals surface area contributed by atoms with E-state index in [1.165, 1.54) is 25.7 Å². The van der Waals surface area contributed by atoms with Gasteiger partial charge in [0.15, 0.2) is 0 Å². The van der Waals surface area contributed by atoms with Crippen LogP contribution >= 0.6 is 0 Å². The van der Waals surface area contributed by atoms with Crippen LogP contribution in [0, 0.1) is 0 Å². The molecule has 0 aliphatic carbocycles. The predicted molar refractivity (Wildman–Crippen MR) is 69.3 cm³/mol. The Morgan fingerprint density at radius 1 is 0.867 bits per heavy atom. The summed E-state index contributed by atoms with van der Waals surface area (Å²) >= 11 is 0. The third-order valence-corrected chi connectivity index (χ3v) is 1.37. The molecule has 0 aromatic rings. The standard InChI is InChI=1S/C6H14.C4H10O.C3H8O/c1-3-5-6-4-2;1-3-5-4-2;1-3(2)4/h3-6H2,1-2H3;3-4H2,1-2H3;3-4H,1-2H3. The minimum atomic E-state index is -0.167. The lowest BCUT2D eigenvalue weighted by Gasteiger charge is -1.86.